The zero-order valence-electron chi connectivity index (χ0n) is 9.21. The van der Waals surface area contributed by atoms with Gasteiger partial charge in [0.2, 0.25) is 0 Å². The molecule has 2 unspecified atom stereocenters. The van der Waals surface area contributed by atoms with E-state index < -0.39 is 0 Å². The van der Waals surface area contributed by atoms with E-state index in [0.717, 1.165) is 6.42 Å². The van der Waals surface area contributed by atoms with Gasteiger partial charge in [0.15, 0.2) is 0 Å². The molecule has 2 N–H and O–H groups in total. The second-order valence-electron chi connectivity index (χ2n) is 4.05. The maximum Gasteiger partial charge on any atom is 0.0667 e. The number of ether oxygens (including phenoxy) is 1. The quantitative estimate of drug-likeness (QED) is 0.628. The molecule has 0 aliphatic heterocycles. The topological polar surface area (TPSA) is 41.5 Å². The van der Waals surface area contributed by atoms with Crippen LogP contribution in [0.4, 0.5) is 0 Å². The summed E-state index contributed by atoms with van der Waals surface area (Å²) in [5, 5.41) is 12.7. The van der Waals surface area contributed by atoms with Crippen molar-refractivity contribution in [1.29, 1.82) is 0 Å². The molecule has 0 saturated carbocycles. The van der Waals surface area contributed by atoms with Crippen molar-refractivity contribution >= 4 is 0 Å². The highest BCUT2D eigenvalue weighted by Gasteiger charge is 2.08. The predicted octanol–water partition coefficient (Wildman–Crippen LogP) is 1.02. The van der Waals surface area contributed by atoms with Crippen molar-refractivity contribution < 1.29 is 9.84 Å². The minimum atomic E-state index is -0.237. The van der Waals surface area contributed by atoms with Crippen LogP contribution in [0.5, 0.6) is 0 Å². The highest BCUT2D eigenvalue weighted by molar-refractivity contribution is 4.65. The largest absolute Gasteiger partial charge is 0.392 e. The molecule has 0 fully saturated rings. The van der Waals surface area contributed by atoms with Crippen molar-refractivity contribution in [3.8, 4) is 0 Å². The third-order valence-electron chi connectivity index (χ3n) is 1.86. The van der Waals surface area contributed by atoms with Gasteiger partial charge in [-0.3, -0.25) is 0 Å². The summed E-state index contributed by atoms with van der Waals surface area (Å²) in [5.74, 6) is 0.550. The molecule has 3 heteroatoms. The van der Waals surface area contributed by atoms with E-state index in [9.17, 15) is 5.11 Å². The zero-order chi connectivity index (χ0) is 10.3. The van der Waals surface area contributed by atoms with Crippen LogP contribution in [-0.2, 0) is 4.74 Å². The molecule has 80 valence electrons. The standard InChI is InChI=1S/C10H23NO2/c1-8(2)5-10(12)6-11-9(3)7-13-4/h8-12H,5-7H2,1-4H3. The Morgan fingerprint density at radius 1 is 1.31 bits per heavy atom. The first kappa shape index (κ1) is 12.9. The highest BCUT2D eigenvalue weighted by atomic mass is 16.5. The molecule has 3 nitrogen and oxygen atoms in total. The first-order valence-electron chi connectivity index (χ1n) is 4.96. The molecule has 0 amide bonds. The molecule has 0 rings (SSSR count). The van der Waals surface area contributed by atoms with E-state index in [2.05, 4.69) is 19.2 Å². The van der Waals surface area contributed by atoms with Crippen molar-refractivity contribution in [2.45, 2.75) is 39.3 Å². The van der Waals surface area contributed by atoms with E-state index in [-0.39, 0.29) is 6.10 Å². The molecule has 0 aliphatic rings. The molecule has 13 heavy (non-hydrogen) atoms. The van der Waals surface area contributed by atoms with Gasteiger partial charge in [0.1, 0.15) is 0 Å². The Bertz CT molecular complexity index is 117. The lowest BCUT2D eigenvalue weighted by Crippen LogP contribution is -2.36. The Labute approximate surface area is 81.5 Å². The average molecular weight is 189 g/mol. The predicted molar refractivity (Wildman–Crippen MR) is 54.8 cm³/mol. The summed E-state index contributed by atoms with van der Waals surface area (Å²) < 4.78 is 4.97. The van der Waals surface area contributed by atoms with Crippen LogP contribution in [0.1, 0.15) is 27.2 Å². The number of methoxy groups -OCH3 is 1. The second kappa shape index (κ2) is 7.30. The van der Waals surface area contributed by atoms with E-state index >= 15 is 0 Å². The zero-order valence-corrected chi connectivity index (χ0v) is 9.21. The average Bonchev–Trinajstić information content (AvgIpc) is 2.00. The molecular formula is C10H23NO2. The number of rotatable bonds is 7. The van der Waals surface area contributed by atoms with Crippen molar-refractivity contribution in [1.82, 2.24) is 5.32 Å². The molecule has 0 aromatic rings. The lowest BCUT2D eigenvalue weighted by Gasteiger charge is -2.17. The Morgan fingerprint density at radius 2 is 1.92 bits per heavy atom. The van der Waals surface area contributed by atoms with Crippen LogP contribution in [0.3, 0.4) is 0 Å². The van der Waals surface area contributed by atoms with Gasteiger partial charge in [0.05, 0.1) is 12.7 Å². The number of hydrogen-bond donors (Lipinski definition) is 2. The summed E-state index contributed by atoms with van der Waals surface area (Å²) in [6, 6.07) is 0.312. The first-order valence-corrected chi connectivity index (χ1v) is 4.96. The fourth-order valence-corrected chi connectivity index (χ4v) is 1.27. The molecule has 0 aromatic heterocycles. The number of aliphatic hydroxyl groups excluding tert-OH is 1. The van der Waals surface area contributed by atoms with Crippen LogP contribution in [-0.4, -0.2) is 37.5 Å². The van der Waals surface area contributed by atoms with Crippen molar-refractivity contribution in [2.75, 3.05) is 20.3 Å². The fourth-order valence-electron chi connectivity index (χ4n) is 1.27. The van der Waals surface area contributed by atoms with Gasteiger partial charge >= 0.3 is 0 Å². The highest BCUT2D eigenvalue weighted by Crippen LogP contribution is 2.03. The summed E-state index contributed by atoms with van der Waals surface area (Å²) in [7, 11) is 1.68. The SMILES string of the molecule is COCC(C)NCC(O)CC(C)C. The second-order valence-corrected chi connectivity index (χ2v) is 4.05. The smallest absolute Gasteiger partial charge is 0.0667 e. The van der Waals surface area contributed by atoms with E-state index in [1.165, 1.54) is 0 Å². The number of aliphatic hydroxyl groups is 1. The molecular weight excluding hydrogens is 166 g/mol. The molecule has 0 heterocycles. The molecule has 0 saturated heterocycles. The van der Waals surface area contributed by atoms with E-state index in [1.807, 2.05) is 6.92 Å². The Balaban J connectivity index is 3.40. The fraction of sp³-hybridized carbons (Fsp3) is 1.00. The summed E-state index contributed by atoms with van der Waals surface area (Å²) in [6.45, 7) is 7.62. The summed E-state index contributed by atoms with van der Waals surface area (Å²) in [6.07, 6.45) is 0.617. The molecule has 0 spiro atoms. The van der Waals surface area contributed by atoms with Gasteiger partial charge in [-0.05, 0) is 19.3 Å². The maximum atomic E-state index is 9.53. The van der Waals surface area contributed by atoms with Crippen LogP contribution in [0.15, 0.2) is 0 Å². The number of hydrogen-bond acceptors (Lipinski definition) is 3. The maximum absolute atomic E-state index is 9.53. The van der Waals surface area contributed by atoms with Gasteiger partial charge < -0.3 is 15.2 Å². The van der Waals surface area contributed by atoms with Crippen LogP contribution in [0.2, 0.25) is 0 Å². The lowest BCUT2D eigenvalue weighted by molar-refractivity contribution is 0.128. The Morgan fingerprint density at radius 3 is 2.38 bits per heavy atom. The summed E-state index contributed by atoms with van der Waals surface area (Å²) >= 11 is 0. The third kappa shape index (κ3) is 8.22. The molecule has 0 radical (unpaired) electrons. The lowest BCUT2D eigenvalue weighted by atomic mass is 10.1. The van der Waals surface area contributed by atoms with E-state index in [1.54, 1.807) is 7.11 Å². The molecule has 0 aliphatic carbocycles. The van der Waals surface area contributed by atoms with E-state index in [0.29, 0.717) is 25.1 Å². The van der Waals surface area contributed by atoms with Gasteiger partial charge in [0, 0.05) is 19.7 Å². The Kier molecular flexibility index (Phi) is 7.23. The monoisotopic (exact) mass is 189 g/mol. The van der Waals surface area contributed by atoms with Crippen LogP contribution in [0, 0.1) is 5.92 Å². The van der Waals surface area contributed by atoms with Gasteiger partial charge in [-0.15, -0.1) is 0 Å². The van der Waals surface area contributed by atoms with Crippen LogP contribution in [0.25, 0.3) is 0 Å². The first-order chi connectivity index (χ1) is 6.06. The van der Waals surface area contributed by atoms with Crippen LogP contribution >= 0.6 is 0 Å². The summed E-state index contributed by atoms with van der Waals surface area (Å²) in [4.78, 5) is 0. The minimum Gasteiger partial charge on any atom is -0.392 e. The van der Waals surface area contributed by atoms with Gasteiger partial charge in [-0.2, -0.15) is 0 Å². The third-order valence-corrected chi connectivity index (χ3v) is 1.86. The minimum absolute atomic E-state index is 0.237. The number of nitrogens with one attached hydrogen (secondary N) is 1. The van der Waals surface area contributed by atoms with E-state index in [4.69, 9.17) is 4.74 Å². The van der Waals surface area contributed by atoms with Crippen molar-refractivity contribution in [3.05, 3.63) is 0 Å². The molecule has 2 atom stereocenters. The van der Waals surface area contributed by atoms with Gasteiger partial charge in [-0.25, -0.2) is 0 Å². The Hall–Kier alpha value is -0.120. The molecule has 0 aromatic carbocycles. The van der Waals surface area contributed by atoms with Gasteiger partial charge in [-0.1, -0.05) is 13.8 Å². The van der Waals surface area contributed by atoms with Crippen molar-refractivity contribution in [3.63, 3.8) is 0 Å². The summed E-state index contributed by atoms with van der Waals surface area (Å²) in [5.41, 5.74) is 0. The van der Waals surface area contributed by atoms with Crippen LogP contribution < -0.4 is 5.32 Å². The van der Waals surface area contributed by atoms with Crippen molar-refractivity contribution in [2.24, 2.45) is 5.92 Å². The normalized spacial score (nSPS) is 16.2. The molecule has 0 bridgehead atoms. The van der Waals surface area contributed by atoms with Gasteiger partial charge in [0.25, 0.3) is 0 Å².